The first-order valence-electron chi connectivity index (χ1n) is 19.4. The monoisotopic (exact) mass is 787 g/mol. The minimum atomic E-state index is -3.46. The highest BCUT2D eigenvalue weighted by Gasteiger charge is 2.54. The van der Waals surface area contributed by atoms with Gasteiger partial charge < -0.3 is 14.2 Å². The molecular formula is C51H38NO2PSSi. The van der Waals surface area contributed by atoms with Crippen molar-refractivity contribution in [3.05, 3.63) is 205 Å². The van der Waals surface area contributed by atoms with Gasteiger partial charge >= 0.3 is 0 Å². The largest absolute Gasteiger partial charge is 0.453 e. The summed E-state index contributed by atoms with van der Waals surface area (Å²) in [6.45, 7) is 4.65. The molecule has 274 valence electrons. The molecule has 6 heteroatoms. The molecule has 1 unspecified atom stereocenters. The number of hydrogen-bond acceptors (Lipinski definition) is 4. The summed E-state index contributed by atoms with van der Waals surface area (Å²) >= 11 is 1.85. The minimum absolute atomic E-state index is 0.293. The van der Waals surface area contributed by atoms with Crippen LogP contribution in [-0.4, -0.2) is 8.07 Å². The van der Waals surface area contributed by atoms with Gasteiger partial charge in [-0.3, -0.25) is 0 Å². The van der Waals surface area contributed by atoms with Crippen LogP contribution in [0.1, 0.15) is 25.0 Å². The fourth-order valence-corrected chi connectivity index (χ4v) is 20.8. The zero-order chi connectivity index (χ0) is 38.4. The molecule has 11 rings (SSSR count). The topological polar surface area (TPSA) is 29.5 Å². The van der Waals surface area contributed by atoms with E-state index >= 15 is 4.57 Å². The van der Waals surface area contributed by atoms with Crippen LogP contribution in [0.25, 0.3) is 0 Å². The molecule has 0 aromatic heterocycles. The third-order valence-electron chi connectivity index (χ3n) is 12.3. The Labute approximate surface area is 339 Å². The van der Waals surface area contributed by atoms with Crippen molar-refractivity contribution in [3.63, 3.8) is 0 Å². The predicted octanol–water partition coefficient (Wildman–Crippen LogP) is 9.38. The normalized spacial score (nSPS) is 17.8. The molecular weight excluding hydrogens is 750 g/mol. The number of fused-ring (bicyclic) bond motifs is 6. The first kappa shape index (κ1) is 34.4. The summed E-state index contributed by atoms with van der Waals surface area (Å²) < 4.78 is 23.4. The molecule has 0 fully saturated rings. The number of rotatable bonds is 4. The maximum Gasteiger partial charge on any atom is 0.181 e. The number of nitrogens with zero attached hydrogens (tertiary/aromatic N) is 1. The Morgan fingerprint density at radius 3 is 1.75 bits per heavy atom. The molecule has 0 saturated heterocycles. The van der Waals surface area contributed by atoms with E-state index in [-0.39, 0.29) is 5.41 Å². The summed E-state index contributed by atoms with van der Waals surface area (Å²) in [6, 6.07) is 69.1. The van der Waals surface area contributed by atoms with Crippen molar-refractivity contribution in [2.24, 2.45) is 0 Å². The molecule has 0 N–H and O–H groups in total. The van der Waals surface area contributed by atoms with E-state index in [9.17, 15) is 0 Å². The lowest BCUT2D eigenvalue weighted by atomic mass is 9.77. The van der Waals surface area contributed by atoms with Crippen LogP contribution in [0.5, 0.6) is 11.5 Å². The Morgan fingerprint density at radius 2 is 1.09 bits per heavy atom. The second-order valence-electron chi connectivity index (χ2n) is 15.6. The van der Waals surface area contributed by atoms with E-state index in [0.29, 0.717) is 0 Å². The van der Waals surface area contributed by atoms with Crippen LogP contribution < -0.4 is 46.3 Å². The third kappa shape index (κ3) is 4.89. The van der Waals surface area contributed by atoms with Crippen LogP contribution in [0.15, 0.2) is 204 Å². The highest BCUT2D eigenvalue weighted by atomic mass is 32.2. The second kappa shape index (κ2) is 12.8. The standard InChI is InChI=1S/C51H38NO2PSSi/c1-51(2)39-21-9-15-27-47(39)56-48-34-50-46(33-40(48)51)55(53,45-26-14-16-28-49(45)57(50,37-17-5-3-6-18-37)38-19-7-4-8-20-38)36-31-29-35(30-32-36)52-41-22-10-12-24-43(41)54-44-25-13-11-23-42(44)52/h3-34H,1-2H3. The maximum atomic E-state index is 17.0. The molecule has 3 nitrogen and oxygen atoms in total. The van der Waals surface area contributed by atoms with Gasteiger partial charge in [0.2, 0.25) is 0 Å². The van der Waals surface area contributed by atoms with E-state index in [1.807, 2.05) is 48.2 Å². The van der Waals surface area contributed by atoms with Crippen LogP contribution in [0, 0.1) is 0 Å². The van der Waals surface area contributed by atoms with Gasteiger partial charge in [0.05, 0.1) is 11.4 Å². The Hall–Kier alpha value is -5.84. The Balaban J connectivity index is 1.19. The first-order valence-corrected chi connectivity index (χ1v) is 24.0. The summed E-state index contributed by atoms with van der Waals surface area (Å²) in [7, 11) is -6.48. The third-order valence-corrected chi connectivity index (χ3v) is 21.8. The average Bonchev–Trinajstić information content (AvgIpc) is 3.26. The van der Waals surface area contributed by atoms with Gasteiger partial charge in [-0.15, -0.1) is 0 Å². The lowest BCUT2D eigenvalue weighted by Gasteiger charge is -2.45. The molecule has 0 aliphatic carbocycles. The van der Waals surface area contributed by atoms with Gasteiger partial charge in [0.1, 0.15) is 0 Å². The van der Waals surface area contributed by atoms with Gasteiger partial charge in [0, 0.05) is 36.8 Å². The smallest absolute Gasteiger partial charge is 0.181 e. The molecule has 1 atom stereocenters. The van der Waals surface area contributed by atoms with Gasteiger partial charge in [0.15, 0.2) is 26.7 Å². The number of para-hydroxylation sites is 4. The SMILES string of the molecule is CC1(C)c2ccccc2Sc2cc3c(cc21)P(=O)(c1ccc(N2c4ccccc4Oc4ccccc42)cc1)c1ccccc1[Si]3(c1ccccc1)c1ccccc1. The van der Waals surface area contributed by atoms with Crippen LogP contribution in [0.4, 0.5) is 17.1 Å². The van der Waals surface area contributed by atoms with Gasteiger partial charge in [-0.2, -0.15) is 0 Å². The van der Waals surface area contributed by atoms with E-state index in [2.05, 4.69) is 176 Å². The molecule has 0 saturated carbocycles. The molecule has 3 aliphatic heterocycles. The highest BCUT2D eigenvalue weighted by molar-refractivity contribution is 7.99. The summed E-state index contributed by atoms with van der Waals surface area (Å²) in [6.07, 6.45) is 0. The van der Waals surface area contributed by atoms with Crippen molar-refractivity contribution in [1.82, 2.24) is 0 Å². The molecule has 0 radical (unpaired) electrons. The molecule has 57 heavy (non-hydrogen) atoms. The number of benzene rings is 8. The summed E-state index contributed by atoms with van der Waals surface area (Å²) in [5.41, 5.74) is 5.16. The molecule has 8 aromatic carbocycles. The number of ether oxygens (including phenoxy) is 1. The van der Waals surface area contributed by atoms with Crippen LogP contribution in [0.3, 0.4) is 0 Å². The quantitative estimate of drug-likeness (QED) is 0.131. The van der Waals surface area contributed by atoms with Crippen molar-refractivity contribution in [2.75, 3.05) is 4.90 Å². The highest BCUT2D eigenvalue weighted by Crippen LogP contribution is 2.53. The molecule has 3 heterocycles. The fraction of sp³-hybridized carbons (Fsp3) is 0.0588. The van der Waals surface area contributed by atoms with Crippen molar-refractivity contribution >= 4 is 80.7 Å². The number of anilines is 3. The molecule has 8 aromatic rings. The molecule has 0 amide bonds. The summed E-state index contributed by atoms with van der Waals surface area (Å²) in [4.78, 5) is 4.77. The average molecular weight is 788 g/mol. The summed E-state index contributed by atoms with van der Waals surface area (Å²) in [5.74, 6) is 1.61. The van der Waals surface area contributed by atoms with Crippen molar-refractivity contribution in [3.8, 4) is 11.5 Å². The van der Waals surface area contributed by atoms with Crippen molar-refractivity contribution in [1.29, 1.82) is 0 Å². The minimum Gasteiger partial charge on any atom is -0.453 e. The van der Waals surface area contributed by atoms with Crippen LogP contribution in [-0.2, 0) is 9.98 Å². The van der Waals surface area contributed by atoms with Gasteiger partial charge in [-0.05, 0) is 98.6 Å². The molecule has 3 aliphatic rings. The van der Waals surface area contributed by atoms with Gasteiger partial charge in [-0.25, -0.2) is 0 Å². The van der Waals surface area contributed by atoms with E-state index < -0.39 is 15.2 Å². The lowest BCUT2D eigenvalue weighted by Crippen LogP contribution is -2.82. The maximum absolute atomic E-state index is 17.0. The first-order chi connectivity index (χ1) is 27.9. The summed E-state index contributed by atoms with van der Waals surface area (Å²) in [5, 5.41) is 7.71. The molecule has 0 bridgehead atoms. The zero-order valence-electron chi connectivity index (χ0n) is 31.6. The van der Waals surface area contributed by atoms with E-state index in [1.54, 1.807) is 0 Å². The van der Waals surface area contributed by atoms with Crippen molar-refractivity contribution in [2.45, 2.75) is 29.1 Å². The predicted molar refractivity (Wildman–Crippen MR) is 240 cm³/mol. The Morgan fingerprint density at radius 1 is 0.526 bits per heavy atom. The Bertz CT molecular complexity index is 2850. The van der Waals surface area contributed by atoms with Crippen LogP contribution in [0.2, 0.25) is 0 Å². The number of hydrogen-bond donors (Lipinski definition) is 0. The lowest BCUT2D eigenvalue weighted by molar-refractivity contribution is 0.477. The van der Waals surface area contributed by atoms with E-state index in [1.165, 1.54) is 41.7 Å². The fourth-order valence-electron chi connectivity index (χ4n) is 9.62. The zero-order valence-corrected chi connectivity index (χ0v) is 34.3. The van der Waals surface area contributed by atoms with E-state index in [4.69, 9.17) is 4.74 Å². The Kier molecular flexibility index (Phi) is 7.75. The van der Waals surface area contributed by atoms with E-state index in [0.717, 1.165) is 44.5 Å². The van der Waals surface area contributed by atoms with Crippen molar-refractivity contribution < 1.29 is 9.30 Å². The van der Waals surface area contributed by atoms with Crippen LogP contribution >= 0.6 is 18.9 Å². The van der Waals surface area contributed by atoms with Gasteiger partial charge in [-0.1, -0.05) is 153 Å². The molecule has 0 spiro atoms. The second-order valence-corrected chi connectivity index (χ2v) is 23.1. The van der Waals surface area contributed by atoms with Gasteiger partial charge in [0.25, 0.3) is 0 Å².